The van der Waals surface area contributed by atoms with Crippen molar-refractivity contribution in [3.8, 4) is 0 Å². The van der Waals surface area contributed by atoms with E-state index in [1.165, 1.54) is 5.56 Å². The highest BCUT2D eigenvalue weighted by Gasteiger charge is 2.26. The van der Waals surface area contributed by atoms with Gasteiger partial charge in [-0.25, -0.2) is 0 Å². The minimum atomic E-state index is 0.256. The number of benzene rings is 1. The molecule has 0 saturated carbocycles. The quantitative estimate of drug-likeness (QED) is 0.723. The lowest BCUT2D eigenvalue weighted by Crippen LogP contribution is -2.04. The summed E-state index contributed by atoms with van der Waals surface area (Å²) in [7, 11) is 0. The Morgan fingerprint density at radius 3 is 2.64 bits per heavy atom. The van der Waals surface area contributed by atoms with Gasteiger partial charge >= 0.3 is 0 Å². The summed E-state index contributed by atoms with van der Waals surface area (Å²) in [5, 5.41) is 8.99. The first-order valence-corrected chi connectivity index (χ1v) is 5.17. The molecule has 2 atom stereocenters. The van der Waals surface area contributed by atoms with Gasteiger partial charge in [-0.15, -0.1) is 0 Å². The van der Waals surface area contributed by atoms with Gasteiger partial charge in [-0.1, -0.05) is 30.3 Å². The van der Waals surface area contributed by atoms with Crippen molar-refractivity contribution in [2.24, 2.45) is 0 Å². The van der Waals surface area contributed by atoms with E-state index in [9.17, 15) is 0 Å². The van der Waals surface area contributed by atoms with E-state index in [0.717, 1.165) is 19.4 Å². The number of hydrogen-bond acceptors (Lipinski definition) is 2. The molecule has 1 saturated heterocycles. The second-order valence-corrected chi connectivity index (χ2v) is 3.81. The molecule has 1 unspecified atom stereocenters. The Labute approximate surface area is 84.5 Å². The van der Waals surface area contributed by atoms with Crippen LogP contribution in [0.25, 0.3) is 0 Å². The zero-order valence-electron chi connectivity index (χ0n) is 8.23. The topological polar surface area (TPSA) is 32.8 Å². The number of aliphatic hydroxyl groups is 1. The van der Waals surface area contributed by atoms with Gasteiger partial charge in [-0.3, -0.25) is 0 Å². The Morgan fingerprint density at radius 2 is 2.07 bits per heavy atom. The predicted octanol–water partition coefficient (Wildman–Crippen LogP) is 1.94. The average Bonchev–Trinajstić information content (AvgIpc) is 3.03. The highest BCUT2D eigenvalue weighted by Crippen LogP contribution is 2.29. The van der Waals surface area contributed by atoms with Crippen LogP contribution in [0.3, 0.4) is 0 Å². The molecule has 14 heavy (non-hydrogen) atoms. The van der Waals surface area contributed by atoms with E-state index in [0.29, 0.717) is 12.0 Å². The van der Waals surface area contributed by atoms with Crippen molar-refractivity contribution in [3.63, 3.8) is 0 Å². The Morgan fingerprint density at radius 1 is 1.36 bits per heavy atom. The van der Waals surface area contributed by atoms with Gasteiger partial charge in [0.15, 0.2) is 0 Å². The Balaban J connectivity index is 2.01. The number of aliphatic hydroxyl groups excluding tert-OH is 1. The molecule has 0 spiro atoms. The van der Waals surface area contributed by atoms with Crippen LogP contribution in [0.15, 0.2) is 30.3 Å². The van der Waals surface area contributed by atoms with Crippen LogP contribution in [0.2, 0.25) is 0 Å². The summed E-state index contributed by atoms with van der Waals surface area (Å²) in [6, 6.07) is 10.4. The Kier molecular flexibility index (Phi) is 3.17. The molecule has 2 heteroatoms. The third kappa shape index (κ3) is 2.56. The first-order valence-electron chi connectivity index (χ1n) is 5.17. The van der Waals surface area contributed by atoms with E-state index in [1.807, 2.05) is 18.2 Å². The van der Waals surface area contributed by atoms with E-state index in [2.05, 4.69) is 12.1 Å². The molecule has 0 amide bonds. The molecule has 0 radical (unpaired) electrons. The van der Waals surface area contributed by atoms with Gasteiger partial charge in [-0.2, -0.15) is 0 Å². The van der Waals surface area contributed by atoms with Crippen LogP contribution in [-0.2, 0) is 4.74 Å². The highest BCUT2D eigenvalue weighted by molar-refractivity contribution is 5.19. The van der Waals surface area contributed by atoms with Gasteiger partial charge in [-0.05, 0) is 24.3 Å². The fraction of sp³-hybridized carbons (Fsp3) is 0.500. The van der Waals surface area contributed by atoms with Crippen LogP contribution in [0.5, 0.6) is 0 Å². The summed E-state index contributed by atoms with van der Waals surface area (Å²) < 4.78 is 5.23. The van der Waals surface area contributed by atoms with E-state index in [1.54, 1.807) is 0 Å². The normalized spacial score (nSPS) is 21.9. The second kappa shape index (κ2) is 4.58. The lowest BCUT2D eigenvalue weighted by Gasteiger charge is -2.14. The van der Waals surface area contributed by atoms with Gasteiger partial charge < -0.3 is 9.84 Å². The van der Waals surface area contributed by atoms with Crippen molar-refractivity contribution >= 4 is 0 Å². The highest BCUT2D eigenvalue weighted by atomic mass is 16.6. The number of ether oxygens (including phenoxy) is 1. The summed E-state index contributed by atoms with van der Waals surface area (Å²) in [6.07, 6.45) is 2.32. The summed E-state index contributed by atoms with van der Waals surface area (Å²) >= 11 is 0. The van der Waals surface area contributed by atoms with Crippen molar-refractivity contribution in [3.05, 3.63) is 35.9 Å². The van der Waals surface area contributed by atoms with Gasteiger partial charge in [0, 0.05) is 6.61 Å². The molecular weight excluding hydrogens is 176 g/mol. The number of rotatable bonds is 5. The van der Waals surface area contributed by atoms with Crippen LogP contribution in [0.4, 0.5) is 0 Å². The van der Waals surface area contributed by atoms with Crippen LogP contribution < -0.4 is 0 Å². The third-order valence-corrected chi connectivity index (χ3v) is 2.70. The summed E-state index contributed by atoms with van der Waals surface area (Å²) in [5.74, 6) is 0.452. The summed E-state index contributed by atoms with van der Waals surface area (Å²) in [4.78, 5) is 0. The van der Waals surface area contributed by atoms with Crippen molar-refractivity contribution < 1.29 is 9.84 Å². The first-order chi connectivity index (χ1) is 6.90. The molecule has 2 rings (SSSR count). The largest absolute Gasteiger partial charge is 0.396 e. The van der Waals surface area contributed by atoms with E-state index in [-0.39, 0.29) is 6.61 Å². The van der Waals surface area contributed by atoms with E-state index < -0.39 is 0 Å². The minimum absolute atomic E-state index is 0.256. The Bertz CT molecular complexity index is 267. The fourth-order valence-corrected chi connectivity index (χ4v) is 1.82. The van der Waals surface area contributed by atoms with Crippen LogP contribution >= 0.6 is 0 Å². The molecule has 0 aromatic heterocycles. The SMILES string of the molecule is OCC[C@@H](CC1CO1)c1ccccc1. The van der Waals surface area contributed by atoms with Crippen LogP contribution in [0.1, 0.15) is 24.3 Å². The molecule has 76 valence electrons. The predicted molar refractivity (Wildman–Crippen MR) is 55.2 cm³/mol. The molecule has 1 heterocycles. The summed E-state index contributed by atoms with van der Waals surface area (Å²) in [5.41, 5.74) is 1.32. The number of epoxide rings is 1. The Hall–Kier alpha value is -0.860. The van der Waals surface area contributed by atoms with Crippen LogP contribution in [0, 0.1) is 0 Å². The van der Waals surface area contributed by atoms with E-state index in [4.69, 9.17) is 9.84 Å². The molecule has 2 nitrogen and oxygen atoms in total. The third-order valence-electron chi connectivity index (χ3n) is 2.70. The average molecular weight is 192 g/mol. The smallest absolute Gasteiger partial charge is 0.0815 e. The molecule has 1 aliphatic rings. The zero-order chi connectivity index (χ0) is 9.80. The minimum Gasteiger partial charge on any atom is -0.396 e. The zero-order valence-corrected chi connectivity index (χ0v) is 8.23. The van der Waals surface area contributed by atoms with Gasteiger partial charge in [0.1, 0.15) is 0 Å². The summed E-state index contributed by atoms with van der Waals surface area (Å²) in [6.45, 7) is 1.15. The van der Waals surface area contributed by atoms with E-state index >= 15 is 0 Å². The lowest BCUT2D eigenvalue weighted by molar-refractivity contribution is 0.266. The molecule has 0 aliphatic carbocycles. The molecule has 0 bridgehead atoms. The number of hydrogen-bond donors (Lipinski definition) is 1. The van der Waals surface area contributed by atoms with Gasteiger partial charge in [0.05, 0.1) is 12.7 Å². The molecule has 1 fully saturated rings. The van der Waals surface area contributed by atoms with Crippen molar-refractivity contribution in [1.29, 1.82) is 0 Å². The second-order valence-electron chi connectivity index (χ2n) is 3.81. The maximum absolute atomic E-state index is 8.99. The molecule has 1 aliphatic heterocycles. The van der Waals surface area contributed by atoms with Crippen molar-refractivity contribution in [1.82, 2.24) is 0 Å². The van der Waals surface area contributed by atoms with Crippen LogP contribution in [-0.4, -0.2) is 24.4 Å². The molecule has 1 N–H and O–H groups in total. The fourth-order valence-electron chi connectivity index (χ4n) is 1.82. The molecule has 1 aromatic rings. The maximum Gasteiger partial charge on any atom is 0.0815 e. The van der Waals surface area contributed by atoms with Gasteiger partial charge in [0.25, 0.3) is 0 Å². The first kappa shape index (κ1) is 9.69. The maximum atomic E-state index is 8.99. The monoisotopic (exact) mass is 192 g/mol. The standard InChI is InChI=1S/C12H16O2/c13-7-6-11(8-12-9-14-12)10-4-2-1-3-5-10/h1-5,11-13H,6-9H2/t11-,12?/m0/s1. The van der Waals surface area contributed by atoms with Crippen molar-refractivity contribution in [2.45, 2.75) is 24.9 Å². The van der Waals surface area contributed by atoms with Crippen molar-refractivity contribution in [2.75, 3.05) is 13.2 Å². The molecular formula is C12H16O2. The molecule has 1 aromatic carbocycles. The lowest BCUT2D eigenvalue weighted by atomic mass is 9.92. The van der Waals surface area contributed by atoms with Gasteiger partial charge in [0.2, 0.25) is 0 Å².